The van der Waals surface area contributed by atoms with E-state index in [2.05, 4.69) is 21.2 Å². The van der Waals surface area contributed by atoms with Crippen LogP contribution in [0.25, 0.3) is 0 Å². The Labute approximate surface area is 135 Å². The van der Waals surface area contributed by atoms with E-state index < -0.39 is 5.82 Å². The van der Waals surface area contributed by atoms with E-state index in [1.54, 1.807) is 12.1 Å². The molecule has 1 N–H and O–H groups in total. The maximum absolute atomic E-state index is 13.5. The van der Waals surface area contributed by atoms with Gasteiger partial charge in [-0.25, -0.2) is 4.39 Å². The van der Waals surface area contributed by atoms with E-state index in [0.29, 0.717) is 5.75 Å². The molecular formula is C15H12BrClFNO2. The quantitative estimate of drug-likeness (QED) is 0.830. The lowest BCUT2D eigenvalue weighted by atomic mass is 10.3. The summed E-state index contributed by atoms with van der Waals surface area (Å²) in [5.74, 6) is -0.232. The van der Waals surface area contributed by atoms with Crippen LogP contribution >= 0.6 is 27.5 Å². The van der Waals surface area contributed by atoms with Crippen LogP contribution in [0.3, 0.4) is 0 Å². The summed E-state index contributed by atoms with van der Waals surface area (Å²) in [6.45, 7) is 0.206. The van der Waals surface area contributed by atoms with Gasteiger partial charge in [-0.05, 0) is 36.4 Å². The molecule has 0 bridgehead atoms. The molecule has 0 fully saturated rings. The van der Waals surface area contributed by atoms with E-state index in [4.69, 9.17) is 16.3 Å². The smallest absolute Gasteiger partial charge is 0.227 e. The van der Waals surface area contributed by atoms with Gasteiger partial charge in [-0.15, -0.1) is 0 Å². The Bertz CT molecular complexity index is 651. The molecule has 3 nitrogen and oxygen atoms in total. The molecule has 0 atom stereocenters. The minimum Gasteiger partial charge on any atom is -0.493 e. The molecule has 0 aromatic heterocycles. The number of rotatable bonds is 5. The molecule has 2 aromatic carbocycles. The van der Waals surface area contributed by atoms with E-state index in [1.807, 2.05) is 12.1 Å². The number of anilines is 1. The molecule has 0 unspecified atom stereocenters. The number of carbonyl (C=O) groups excluding carboxylic acids is 1. The lowest BCUT2D eigenvalue weighted by Gasteiger charge is -2.08. The summed E-state index contributed by atoms with van der Waals surface area (Å²) in [5.41, 5.74) is 0.104. The van der Waals surface area contributed by atoms with E-state index in [1.165, 1.54) is 12.1 Å². The highest BCUT2D eigenvalue weighted by molar-refractivity contribution is 9.10. The van der Waals surface area contributed by atoms with Crippen molar-refractivity contribution in [1.82, 2.24) is 0 Å². The Kier molecular flexibility index (Phi) is 5.59. The zero-order valence-electron chi connectivity index (χ0n) is 10.9. The fourth-order valence-corrected chi connectivity index (χ4v) is 2.16. The minimum absolute atomic E-state index is 0.104. The van der Waals surface area contributed by atoms with Crippen LogP contribution < -0.4 is 10.1 Å². The predicted octanol–water partition coefficient (Wildman–Crippen LogP) is 4.65. The molecular weight excluding hydrogens is 361 g/mol. The molecule has 0 aliphatic carbocycles. The fraction of sp³-hybridized carbons (Fsp3) is 0.133. The van der Waals surface area contributed by atoms with Gasteiger partial charge in [-0.3, -0.25) is 4.79 Å². The molecule has 0 saturated carbocycles. The molecule has 6 heteroatoms. The van der Waals surface area contributed by atoms with E-state index in [-0.39, 0.29) is 29.6 Å². The summed E-state index contributed by atoms with van der Waals surface area (Å²) in [4.78, 5) is 11.7. The van der Waals surface area contributed by atoms with E-state index >= 15 is 0 Å². The summed E-state index contributed by atoms with van der Waals surface area (Å²) < 4.78 is 19.8. The first-order valence-electron chi connectivity index (χ1n) is 6.18. The van der Waals surface area contributed by atoms with Crippen LogP contribution in [0.4, 0.5) is 10.1 Å². The third kappa shape index (κ3) is 5.02. The van der Waals surface area contributed by atoms with Crippen LogP contribution in [0.15, 0.2) is 46.9 Å². The van der Waals surface area contributed by atoms with Gasteiger partial charge in [0.1, 0.15) is 11.6 Å². The molecule has 110 valence electrons. The Morgan fingerprint density at radius 1 is 1.29 bits per heavy atom. The number of amides is 1. The minimum atomic E-state index is -0.566. The molecule has 1 amide bonds. The summed E-state index contributed by atoms with van der Waals surface area (Å²) >= 11 is 8.97. The van der Waals surface area contributed by atoms with Crippen molar-refractivity contribution in [2.45, 2.75) is 6.42 Å². The molecule has 0 radical (unpaired) electrons. The molecule has 2 aromatic rings. The monoisotopic (exact) mass is 371 g/mol. The van der Waals surface area contributed by atoms with Gasteiger partial charge >= 0.3 is 0 Å². The van der Waals surface area contributed by atoms with Crippen molar-refractivity contribution >= 4 is 39.1 Å². The van der Waals surface area contributed by atoms with Gasteiger partial charge in [-0.1, -0.05) is 33.6 Å². The van der Waals surface area contributed by atoms with E-state index in [9.17, 15) is 9.18 Å². The lowest BCUT2D eigenvalue weighted by Crippen LogP contribution is -2.16. The normalized spacial score (nSPS) is 10.2. The van der Waals surface area contributed by atoms with Crippen LogP contribution in [-0.2, 0) is 4.79 Å². The SMILES string of the molecule is O=C(CCOc1cccc(Br)c1)Nc1ccc(Cl)cc1F. The topological polar surface area (TPSA) is 38.3 Å². The van der Waals surface area contributed by atoms with Crippen molar-refractivity contribution in [3.63, 3.8) is 0 Å². The Morgan fingerprint density at radius 3 is 2.81 bits per heavy atom. The van der Waals surface area contributed by atoms with Crippen molar-refractivity contribution in [2.75, 3.05) is 11.9 Å². The molecule has 0 heterocycles. The van der Waals surface area contributed by atoms with Crippen LogP contribution in [-0.4, -0.2) is 12.5 Å². The first-order valence-corrected chi connectivity index (χ1v) is 7.35. The van der Waals surface area contributed by atoms with Crippen molar-refractivity contribution in [3.8, 4) is 5.75 Å². The maximum Gasteiger partial charge on any atom is 0.227 e. The van der Waals surface area contributed by atoms with Gasteiger partial charge in [0.15, 0.2) is 0 Å². The van der Waals surface area contributed by atoms with Gasteiger partial charge in [0.25, 0.3) is 0 Å². The van der Waals surface area contributed by atoms with Crippen molar-refractivity contribution < 1.29 is 13.9 Å². The van der Waals surface area contributed by atoms with Crippen LogP contribution in [0.5, 0.6) is 5.75 Å². The molecule has 2 rings (SSSR count). The number of hydrogen-bond acceptors (Lipinski definition) is 2. The molecule has 0 aliphatic rings. The second-order valence-electron chi connectivity index (χ2n) is 4.23. The van der Waals surface area contributed by atoms with Gasteiger partial charge in [-0.2, -0.15) is 0 Å². The Morgan fingerprint density at radius 2 is 2.10 bits per heavy atom. The number of ether oxygens (including phenoxy) is 1. The van der Waals surface area contributed by atoms with E-state index in [0.717, 1.165) is 10.5 Å². The Balaban J connectivity index is 1.82. The number of halogens is 3. The zero-order valence-corrected chi connectivity index (χ0v) is 13.2. The molecule has 0 aliphatic heterocycles. The fourth-order valence-electron chi connectivity index (χ4n) is 1.62. The second-order valence-corrected chi connectivity index (χ2v) is 5.58. The highest BCUT2D eigenvalue weighted by Gasteiger charge is 2.07. The Hall–Kier alpha value is -1.59. The van der Waals surface area contributed by atoms with Gasteiger partial charge in [0.2, 0.25) is 5.91 Å². The highest BCUT2D eigenvalue weighted by atomic mass is 79.9. The van der Waals surface area contributed by atoms with Gasteiger partial charge in [0.05, 0.1) is 18.7 Å². The summed E-state index contributed by atoms with van der Waals surface area (Å²) in [5, 5.41) is 2.75. The first kappa shape index (κ1) is 15.8. The number of benzene rings is 2. The zero-order chi connectivity index (χ0) is 15.2. The third-order valence-electron chi connectivity index (χ3n) is 2.60. The number of nitrogens with one attached hydrogen (secondary N) is 1. The predicted molar refractivity (Wildman–Crippen MR) is 84.3 cm³/mol. The molecule has 21 heavy (non-hydrogen) atoms. The molecule has 0 saturated heterocycles. The van der Waals surface area contributed by atoms with Crippen molar-refractivity contribution in [2.24, 2.45) is 0 Å². The standard InChI is InChI=1S/C15H12BrClFNO2/c16-10-2-1-3-12(8-10)21-7-6-15(20)19-14-5-4-11(17)9-13(14)18/h1-5,8-9H,6-7H2,(H,19,20). The van der Waals surface area contributed by atoms with Gasteiger partial charge < -0.3 is 10.1 Å². The van der Waals surface area contributed by atoms with Crippen molar-refractivity contribution in [3.05, 3.63) is 57.8 Å². The van der Waals surface area contributed by atoms with Crippen LogP contribution in [0.2, 0.25) is 5.02 Å². The van der Waals surface area contributed by atoms with Crippen LogP contribution in [0, 0.1) is 5.82 Å². The van der Waals surface area contributed by atoms with Crippen LogP contribution in [0.1, 0.15) is 6.42 Å². The third-order valence-corrected chi connectivity index (χ3v) is 3.33. The number of hydrogen-bond donors (Lipinski definition) is 1. The average molecular weight is 373 g/mol. The second kappa shape index (κ2) is 7.43. The van der Waals surface area contributed by atoms with Gasteiger partial charge in [0, 0.05) is 9.50 Å². The summed E-state index contributed by atoms with van der Waals surface area (Å²) in [6.07, 6.45) is 0.120. The highest BCUT2D eigenvalue weighted by Crippen LogP contribution is 2.20. The summed E-state index contributed by atoms with van der Waals surface area (Å²) in [6, 6.07) is 11.4. The molecule has 0 spiro atoms. The lowest BCUT2D eigenvalue weighted by molar-refractivity contribution is -0.116. The number of carbonyl (C=O) groups is 1. The summed E-state index contributed by atoms with van der Waals surface area (Å²) in [7, 11) is 0. The largest absolute Gasteiger partial charge is 0.493 e. The van der Waals surface area contributed by atoms with Crippen molar-refractivity contribution in [1.29, 1.82) is 0 Å². The average Bonchev–Trinajstić information content (AvgIpc) is 2.42. The maximum atomic E-state index is 13.5. The first-order chi connectivity index (χ1) is 10.0.